The van der Waals surface area contributed by atoms with E-state index in [1.165, 1.54) is 6.42 Å². The maximum atomic E-state index is 12.3. The Morgan fingerprint density at radius 1 is 1.25 bits per heavy atom. The lowest BCUT2D eigenvalue weighted by atomic mass is 9.97. The fraction of sp³-hybridized carbons (Fsp3) is 0.562. The van der Waals surface area contributed by atoms with E-state index in [0.29, 0.717) is 24.4 Å². The number of hydrogen-bond acceptors (Lipinski definition) is 3. The molecule has 1 aromatic rings. The third kappa shape index (κ3) is 3.51. The van der Waals surface area contributed by atoms with Gasteiger partial charge in [-0.05, 0) is 50.8 Å². The number of carbonyl (C=O) groups excluding carboxylic acids is 1. The number of likely N-dealkylation sites (tertiary alicyclic amines) is 1. The van der Waals surface area contributed by atoms with Gasteiger partial charge in [0.05, 0.1) is 0 Å². The summed E-state index contributed by atoms with van der Waals surface area (Å²) in [5, 5.41) is 0. The fourth-order valence-electron chi connectivity index (χ4n) is 2.85. The number of amides is 1. The van der Waals surface area contributed by atoms with Gasteiger partial charge in [0.2, 0.25) is 0 Å². The second-order valence-corrected chi connectivity index (χ2v) is 5.57. The summed E-state index contributed by atoms with van der Waals surface area (Å²) in [6, 6.07) is 8.19. The third-order valence-electron chi connectivity index (χ3n) is 4.00. The zero-order valence-electron chi connectivity index (χ0n) is 12.3. The summed E-state index contributed by atoms with van der Waals surface area (Å²) >= 11 is 0. The van der Waals surface area contributed by atoms with Crippen LogP contribution in [0.2, 0.25) is 0 Å². The Morgan fingerprint density at radius 2 is 1.85 bits per heavy atom. The van der Waals surface area contributed by atoms with Gasteiger partial charge in [-0.1, -0.05) is 12.1 Å². The van der Waals surface area contributed by atoms with Crippen molar-refractivity contribution in [3.05, 3.63) is 29.8 Å². The quantitative estimate of drug-likeness (QED) is 0.918. The van der Waals surface area contributed by atoms with E-state index in [-0.39, 0.29) is 12.5 Å². The number of nitrogens with zero attached hydrogens (tertiary/aromatic N) is 1. The van der Waals surface area contributed by atoms with Gasteiger partial charge < -0.3 is 15.4 Å². The van der Waals surface area contributed by atoms with E-state index >= 15 is 0 Å². The maximum Gasteiger partial charge on any atom is 0.260 e. The standard InChI is InChI=1S/C16H24N2O2/c1-12-4-3-5-13(2)18(12)16(19)11-20-15-8-6-14(10-17)7-9-15/h6-9,12-13H,3-5,10-11,17H2,1-2H3. The molecule has 2 unspecified atom stereocenters. The summed E-state index contributed by atoms with van der Waals surface area (Å²) in [5.41, 5.74) is 6.61. The molecule has 4 heteroatoms. The van der Waals surface area contributed by atoms with Crippen molar-refractivity contribution in [3.8, 4) is 5.75 Å². The van der Waals surface area contributed by atoms with Crippen LogP contribution < -0.4 is 10.5 Å². The van der Waals surface area contributed by atoms with Gasteiger partial charge in [-0.2, -0.15) is 0 Å². The van der Waals surface area contributed by atoms with Crippen LogP contribution in [0.3, 0.4) is 0 Å². The van der Waals surface area contributed by atoms with Crippen LogP contribution in [-0.2, 0) is 11.3 Å². The first-order valence-corrected chi connectivity index (χ1v) is 7.34. The van der Waals surface area contributed by atoms with Crippen molar-refractivity contribution in [1.29, 1.82) is 0 Å². The second-order valence-electron chi connectivity index (χ2n) is 5.57. The minimum absolute atomic E-state index is 0.0765. The van der Waals surface area contributed by atoms with Crippen LogP contribution in [0.25, 0.3) is 0 Å². The van der Waals surface area contributed by atoms with Crippen molar-refractivity contribution in [2.45, 2.75) is 51.7 Å². The average molecular weight is 276 g/mol. The van der Waals surface area contributed by atoms with Gasteiger partial charge in [0.1, 0.15) is 5.75 Å². The van der Waals surface area contributed by atoms with Crippen LogP contribution in [0.4, 0.5) is 0 Å². The van der Waals surface area contributed by atoms with E-state index in [9.17, 15) is 4.79 Å². The summed E-state index contributed by atoms with van der Waals surface area (Å²) in [6.07, 6.45) is 3.37. The van der Waals surface area contributed by atoms with Gasteiger partial charge in [0.15, 0.2) is 6.61 Å². The van der Waals surface area contributed by atoms with E-state index in [1.54, 1.807) is 0 Å². The van der Waals surface area contributed by atoms with Crippen LogP contribution in [0.1, 0.15) is 38.7 Å². The molecule has 0 radical (unpaired) electrons. The van der Waals surface area contributed by atoms with Crippen LogP contribution >= 0.6 is 0 Å². The molecule has 0 aliphatic carbocycles. The molecule has 2 rings (SSSR count). The van der Waals surface area contributed by atoms with E-state index in [2.05, 4.69) is 13.8 Å². The van der Waals surface area contributed by atoms with Crippen LogP contribution in [0, 0.1) is 0 Å². The topological polar surface area (TPSA) is 55.6 Å². The average Bonchev–Trinajstić information content (AvgIpc) is 2.45. The molecule has 1 aliphatic rings. The highest BCUT2D eigenvalue weighted by atomic mass is 16.5. The molecular weight excluding hydrogens is 252 g/mol. The number of ether oxygens (including phenoxy) is 1. The SMILES string of the molecule is CC1CCCC(C)N1C(=O)COc1ccc(CN)cc1. The molecule has 0 bridgehead atoms. The molecule has 0 saturated carbocycles. The summed E-state index contributed by atoms with van der Waals surface area (Å²) in [5.74, 6) is 0.792. The highest BCUT2D eigenvalue weighted by molar-refractivity contribution is 5.78. The molecule has 1 fully saturated rings. The predicted octanol–water partition coefficient (Wildman–Crippen LogP) is 2.31. The van der Waals surface area contributed by atoms with E-state index in [0.717, 1.165) is 18.4 Å². The van der Waals surface area contributed by atoms with Crippen molar-refractivity contribution in [2.24, 2.45) is 5.73 Å². The first-order valence-electron chi connectivity index (χ1n) is 7.34. The van der Waals surface area contributed by atoms with Crippen molar-refractivity contribution < 1.29 is 9.53 Å². The minimum Gasteiger partial charge on any atom is -0.484 e. The molecule has 1 aliphatic heterocycles. The van der Waals surface area contributed by atoms with Gasteiger partial charge in [-0.3, -0.25) is 4.79 Å². The summed E-state index contributed by atoms with van der Waals surface area (Å²) in [4.78, 5) is 14.3. The van der Waals surface area contributed by atoms with E-state index in [4.69, 9.17) is 10.5 Å². The Hall–Kier alpha value is -1.55. The molecule has 4 nitrogen and oxygen atoms in total. The number of hydrogen-bond donors (Lipinski definition) is 1. The normalized spacial score (nSPS) is 22.6. The maximum absolute atomic E-state index is 12.3. The highest BCUT2D eigenvalue weighted by Gasteiger charge is 2.28. The fourth-order valence-corrected chi connectivity index (χ4v) is 2.85. The summed E-state index contributed by atoms with van der Waals surface area (Å²) in [6.45, 7) is 4.85. The molecule has 2 N–H and O–H groups in total. The molecular formula is C16H24N2O2. The lowest BCUT2D eigenvalue weighted by Crippen LogP contribution is -2.49. The molecule has 1 amide bonds. The van der Waals surface area contributed by atoms with E-state index in [1.807, 2.05) is 29.2 Å². The largest absolute Gasteiger partial charge is 0.484 e. The lowest BCUT2D eigenvalue weighted by molar-refractivity contribution is -0.139. The molecule has 1 heterocycles. The first-order chi connectivity index (χ1) is 9.61. The predicted molar refractivity (Wildman–Crippen MR) is 79.4 cm³/mol. The monoisotopic (exact) mass is 276 g/mol. The lowest BCUT2D eigenvalue weighted by Gasteiger charge is -2.38. The van der Waals surface area contributed by atoms with Gasteiger partial charge in [-0.15, -0.1) is 0 Å². The zero-order chi connectivity index (χ0) is 14.5. The zero-order valence-corrected chi connectivity index (χ0v) is 12.3. The number of benzene rings is 1. The number of carbonyl (C=O) groups is 1. The van der Waals surface area contributed by atoms with Crippen molar-refractivity contribution in [3.63, 3.8) is 0 Å². The Bertz CT molecular complexity index is 434. The third-order valence-corrected chi connectivity index (χ3v) is 4.00. The molecule has 1 saturated heterocycles. The first kappa shape index (κ1) is 14.9. The summed E-state index contributed by atoms with van der Waals surface area (Å²) in [7, 11) is 0. The van der Waals surface area contributed by atoms with Gasteiger partial charge in [0.25, 0.3) is 5.91 Å². The Kier molecular flexibility index (Phi) is 5.01. The molecule has 110 valence electrons. The molecule has 0 spiro atoms. The number of rotatable bonds is 4. The van der Waals surface area contributed by atoms with Gasteiger partial charge in [0, 0.05) is 18.6 Å². The Morgan fingerprint density at radius 3 is 2.40 bits per heavy atom. The molecule has 20 heavy (non-hydrogen) atoms. The minimum atomic E-state index is 0.0765. The van der Waals surface area contributed by atoms with Crippen molar-refractivity contribution in [2.75, 3.05) is 6.61 Å². The number of nitrogens with two attached hydrogens (primary N) is 1. The molecule has 2 atom stereocenters. The van der Waals surface area contributed by atoms with Gasteiger partial charge >= 0.3 is 0 Å². The summed E-state index contributed by atoms with van der Waals surface area (Å²) < 4.78 is 5.59. The second kappa shape index (κ2) is 6.75. The van der Waals surface area contributed by atoms with Crippen molar-refractivity contribution >= 4 is 5.91 Å². The number of piperidine rings is 1. The van der Waals surface area contributed by atoms with Crippen LogP contribution in [0.15, 0.2) is 24.3 Å². The smallest absolute Gasteiger partial charge is 0.260 e. The molecule has 0 aromatic heterocycles. The van der Waals surface area contributed by atoms with Crippen LogP contribution in [-0.4, -0.2) is 29.5 Å². The Labute approximate surface area is 120 Å². The highest BCUT2D eigenvalue weighted by Crippen LogP contribution is 2.22. The van der Waals surface area contributed by atoms with Crippen LogP contribution in [0.5, 0.6) is 5.75 Å². The Balaban J connectivity index is 1.90. The molecule has 1 aromatic carbocycles. The van der Waals surface area contributed by atoms with E-state index < -0.39 is 0 Å². The van der Waals surface area contributed by atoms with Crippen molar-refractivity contribution in [1.82, 2.24) is 4.90 Å². The van der Waals surface area contributed by atoms with Gasteiger partial charge in [-0.25, -0.2) is 0 Å².